The van der Waals surface area contributed by atoms with Crippen LogP contribution in [-0.2, 0) is 4.79 Å². The highest BCUT2D eigenvalue weighted by Gasteiger charge is 2.20. The van der Waals surface area contributed by atoms with Crippen LogP contribution in [0.1, 0.15) is 35.3 Å². The summed E-state index contributed by atoms with van der Waals surface area (Å²) in [5.41, 5.74) is 0.709. The van der Waals surface area contributed by atoms with Gasteiger partial charge in [-0.05, 0) is 42.8 Å². The fraction of sp³-hybridized carbons (Fsp3) is 0.263. The standard InChI is InChI=1S/C19H19Cl2NO5/c1-3-27-16-7-4-11(8-17(16)26-2)15(10-18(23)24)22-19(25)13-6-5-12(20)9-14(13)21/h4-9,15H,3,10H2,1-2H3,(H,22,25)(H,23,24)/p-1/t15-/m1/s1. The van der Waals surface area contributed by atoms with Gasteiger partial charge in [0.2, 0.25) is 0 Å². The summed E-state index contributed by atoms with van der Waals surface area (Å²) in [7, 11) is 1.47. The van der Waals surface area contributed by atoms with Crippen molar-refractivity contribution in [1.29, 1.82) is 0 Å². The van der Waals surface area contributed by atoms with Crippen LogP contribution in [0.4, 0.5) is 0 Å². The van der Waals surface area contributed by atoms with E-state index in [1.165, 1.54) is 25.3 Å². The van der Waals surface area contributed by atoms with Gasteiger partial charge < -0.3 is 24.7 Å². The smallest absolute Gasteiger partial charge is 0.253 e. The summed E-state index contributed by atoms with van der Waals surface area (Å²) in [6.07, 6.45) is -0.423. The number of amides is 1. The van der Waals surface area contributed by atoms with Crippen molar-refractivity contribution in [3.63, 3.8) is 0 Å². The lowest BCUT2D eigenvalue weighted by Crippen LogP contribution is -2.34. The van der Waals surface area contributed by atoms with Gasteiger partial charge in [0.1, 0.15) is 0 Å². The number of rotatable bonds is 8. The molecule has 27 heavy (non-hydrogen) atoms. The Bertz CT molecular complexity index is 841. The molecule has 0 aliphatic rings. The van der Waals surface area contributed by atoms with Crippen molar-refractivity contribution >= 4 is 35.1 Å². The van der Waals surface area contributed by atoms with E-state index in [0.29, 0.717) is 28.7 Å². The Kier molecular flexibility index (Phi) is 7.33. The first-order valence-electron chi connectivity index (χ1n) is 8.12. The largest absolute Gasteiger partial charge is 0.550 e. The minimum absolute atomic E-state index is 0.163. The molecule has 0 unspecified atom stereocenters. The first-order chi connectivity index (χ1) is 12.8. The Balaban J connectivity index is 2.32. The molecule has 0 aliphatic heterocycles. The van der Waals surface area contributed by atoms with Crippen molar-refractivity contribution in [2.75, 3.05) is 13.7 Å². The molecule has 0 bridgehead atoms. The highest BCUT2D eigenvalue weighted by atomic mass is 35.5. The second kappa shape index (κ2) is 9.48. The zero-order valence-corrected chi connectivity index (χ0v) is 16.3. The van der Waals surface area contributed by atoms with Crippen LogP contribution in [-0.4, -0.2) is 25.6 Å². The van der Waals surface area contributed by atoms with Crippen molar-refractivity contribution in [3.05, 3.63) is 57.6 Å². The Morgan fingerprint density at radius 3 is 2.48 bits per heavy atom. The van der Waals surface area contributed by atoms with E-state index >= 15 is 0 Å². The molecule has 0 saturated carbocycles. The number of benzene rings is 2. The molecule has 144 valence electrons. The third-order valence-electron chi connectivity index (χ3n) is 3.74. The Hall–Kier alpha value is -2.44. The number of hydrogen-bond donors (Lipinski definition) is 1. The van der Waals surface area contributed by atoms with Gasteiger partial charge in [0.05, 0.1) is 30.3 Å². The van der Waals surface area contributed by atoms with E-state index in [1.807, 2.05) is 6.92 Å². The number of aliphatic carboxylic acids is 1. The fourth-order valence-electron chi connectivity index (χ4n) is 2.50. The topological polar surface area (TPSA) is 87.7 Å². The summed E-state index contributed by atoms with van der Waals surface area (Å²) in [5.74, 6) is -0.898. The van der Waals surface area contributed by atoms with Gasteiger partial charge >= 0.3 is 0 Å². The van der Waals surface area contributed by atoms with Gasteiger partial charge in [-0.15, -0.1) is 0 Å². The van der Waals surface area contributed by atoms with Crippen LogP contribution in [0.25, 0.3) is 0 Å². The summed E-state index contributed by atoms with van der Waals surface area (Å²) >= 11 is 11.9. The number of ether oxygens (including phenoxy) is 2. The summed E-state index contributed by atoms with van der Waals surface area (Å²) in [6, 6.07) is 8.50. The van der Waals surface area contributed by atoms with E-state index in [-0.39, 0.29) is 10.6 Å². The average Bonchev–Trinajstić information content (AvgIpc) is 2.61. The molecular weight excluding hydrogens is 393 g/mol. The van der Waals surface area contributed by atoms with Crippen LogP contribution in [0.15, 0.2) is 36.4 Å². The normalized spacial score (nSPS) is 11.6. The predicted molar refractivity (Wildman–Crippen MR) is 100 cm³/mol. The number of carbonyl (C=O) groups excluding carboxylic acids is 2. The van der Waals surface area contributed by atoms with Crippen LogP contribution < -0.4 is 19.9 Å². The summed E-state index contributed by atoms with van der Waals surface area (Å²) in [4.78, 5) is 23.7. The molecule has 0 aromatic heterocycles. The number of halogens is 2. The van der Waals surface area contributed by atoms with Gasteiger partial charge in [0, 0.05) is 17.4 Å². The van der Waals surface area contributed by atoms with Crippen molar-refractivity contribution in [2.24, 2.45) is 0 Å². The first-order valence-corrected chi connectivity index (χ1v) is 8.87. The molecule has 2 aromatic carbocycles. The Morgan fingerprint density at radius 2 is 1.89 bits per heavy atom. The molecule has 0 fully saturated rings. The molecular formula is C19H18Cl2NO5-. The second-order valence-electron chi connectivity index (χ2n) is 5.57. The molecule has 2 rings (SSSR count). The maximum Gasteiger partial charge on any atom is 0.253 e. The molecule has 2 aromatic rings. The van der Waals surface area contributed by atoms with Gasteiger partial charge in [0.15, 0.2) is 11.5 Å². The van der Waals surface area contributed by atoms with Gasteiger partial charge in [0.25, 0.3) is 5.91 Å². The molecule has 1 atom stereocenters. The van der Waals surface area contributed by atoms with E-state index in [1.54, 1.807) is 18.2 Å². The van der Waals surface area contributed by atoms with Crippen LogP contribution >= 0.6 is 23.2 Å². The third-order valence-corrected chi connectivity index (χ3v) is 4.29. The van der Waals surface area contributed by atoms with E-state index in [4.69, 9.17) is 32.7 Å². The number of hydrogen-bond acceptors (Lipinski definition) is 5. The average molecular weight is 411 g/mol. The molecule has 1 amide bonds. The van der Waals surface area contributed by atoms with E-state index < -0.39 is 24.3 Å². The van der Waals surface area contributed by atoms with E-state index in [9.17, 15) is 14.7 Å². The second-order valence-corrected chi connectivity index (χ2v) is 6.41. The molecule has 8 heteroatoms. The van der Waals surface area contributed by atoms with Gasteiger partial charge in [-0.3, -0.25) is 4.79 Å². The van der Waals surface area contributed by atoms with Crippen LogP contribution in [0.2, 0.25) is 10.0 Å². The third kappa shape index (κ3) is 5.52. The lowest BCUT2D eigenvalue weighted by molar-refractivity contribution is -0.306. The number of carbonyl (C=O) groups is 2. The van der Waals surface area contributed by atoms with Crippen LogP contribution in [0.3, 0.4) is 0 Å². The summed E-state index contributed by atoms with van der Waals surface area (Å²) in [6.45, 7) is 2.28. The van der Waals surface area contributed by atoms with E-state index in [0.717, 1.165) is 0 Å². The first kappa shape index (κ1) is 20.9. The SMILES string of the molecule is CCOc1ccc([C@@H](CC(=O)[O-])NC(=O)c2ccc(Cl)cc2Cl)cc1OC. The molecule has 0 aliphatic carbocycles. The number of methoxy groups -OCH3 is 1. The number of carboxylic acid groups (broad SMARTS) is 1. The number of carboxylic acids is 1. The highest BCUT2D eigenvalue weighted by molar-refractivity contribution is 6.36. The van der Waals surface area contributed by atoms with Gasteiger partial charge in [-0.2, -0.15) is 0 Å². The van der Waals surface area contributed by atoms with Gasteiger partial charge in [-0.1, -0.05) is 29.3 Å². The minimum Gasteiger partial charge on any atom is -0.550 e. The quantitative estimate of drug-likeness (QED) is 0.722. The lowest BCUT2D eigenvalue weighted by atomic mass is 10.0. The van der Waals surface area contributed by atoms with Crippen molar-refractivity contribution in [3.8, 4) is 11.5 Å². The summed E-state index contributed by atoms with van der Waals surface area (Å²) in [5, 5.41) is 14.4. The molecule has 0 heterocycles. The summed E-state index contributed by atoms with van der Waals surface area (Å²) < 4.78 is 10.7. The van der Waals surface area contributed by atoms with Gasteiger partial charge in [-0.25, -0.2) is 0 Å². The zero-order chi connectivity index (χ0) is 20.0. The number of nitrogens with one attached hydrogen (secondary N) is 1. The highest BCUT2D eigenvalue weighted by Crippen LogP contribution is 2.31. The van der Waals surface area contributed by atoms with Crippen LogP contribution in [0.5, 0.6) is 11.5 Å². The molecule has 6 nitrogen and oxygen atoms in total. The molecule has 0 radical (unpaired) electrons. The maximum absolute atomic E-state index is 12.6. The van der Waals surface area contributed by atoms with Crippen molar-refractivity contribution in [1.82, 2.24) is 5.32 Å². The molecule has 1 N–H and O–H groups in total. The fourth-order valence-corrected chi connectivity index (χ4v) is 3.00. The Morgan fingerprint density at radius 1 is 1.15 bits per heavy atom. The monoisotopic (exact) mass is 410 g/mol. The van der Waals surface area contributed by atoms with Crippen molar-refractivity contribution in [2.45, 2.75) is 19.4 Å². The molecule has 0 saturated heterocycles. The zero-order valence-electron chi connectivity index (χ0n) is 14.8. The van der Waals surface area contributed by atoms with Crippen molar-refractivity contribution < 1.29 is 24.2 Å². The lowest BCUT2D eigenvalue weighted by Gasteiger charge is -2.21. The predicted octanol–water partition coefficient (Wildman–Crippen LogP) is 3.01. The Labute approximate surface area is 167 Å². The molecule has 0 spiro atoms. The maximum atomic E-state index is 12.6. The van der Waals surface area contributed by atoms with E-state index in [2.05, 4.69) is 5.32 Å². The minimum atomic E-state index is -1.31. The van der Waals surface area contributed by atoms with Crippen LogP contribution in [0, 0.1) is 0 Å².